The standard InChI is InChI=1S/C21H18Cl2FN3O3/c1-21(2)29-17-12(16(28)10-3-4-13(22)14(24)7-10)8-15(18(17)30-21)27-6-5-11-19(23)25-9-26-20(11)27/h3-7,9,12,15,17-18H,8H2,1-2H3/t12-,15-,17-,18+/m1/s1. The number of Topliss-reactive ketones (excluding diaryl/α,β-unsaturated/α-hetero) is 1. The van der Waals surface area contributed by atoms with Crippen molar-refractivity contribution in [2.75, 3.05) is 0 Å². The highest BCUT2D eigenvalue weighted by Gasteiger charge is 2.56. The van der Waals surface area contributed by atoms with Crippen LogP contribution in [-0.4, -0.2) is 38.3 Å². The van der Waals surface area contributed by atoms with Crippen LogP contribution < -0.4 is 0 Å². The molecule has 1 saturated heterocycles. The molecule has 2 aliphatic rings. The lowest BCUT2D eigenvalue weighted by atomic mass is 9.94. The van der Waals surface area contributed by atoms with E-state index in [1.54, 1.807) is 0 Å². The summed E-state index contributed by atoms with van der Waals surface area (Å²) in [5, 5.41) is 1.07. The summed E-state index contributed by atoms with van der Waals surface area (Å²) in [6.07, 6.45) is 2.90. The van der Waals surface area contributed by atoms with Crippen molar-refractivity contribution in [3.05, 3.63) is 58.3 Å². The van der Waals surface area contributed by atoms with Gasteiger partial charge in [-0.3, -0.25) is 4.79 Å². The number of aromatic nitrogens is 3. The molecule has 0 unspecified atom stereocenters. The predicted octanol–water partition coefficient (Wildman–Crippen LogP) is 4.84. The molecule has 4 atom stereocenters. The Kier molecular flexibility index (Phi) is 4.63. The third-order valence-corrected chi connectivity index (χ3v) is 6.40. The molecule has 1 aliphatic heterocycles. The average molecular weight is 450 g/mol. The maximum atomic E-state index is 14.0. The predicted molar refractivity (Wildman–Crippen MR) is 109 cm³/mol. The number of carbonyl (C=O) groups excluding carboxylic acids is 1. The van der Waals surface area contributed by atoms with Crippen molar-refractivity contribution in [2.45, 2.75) is 44.3 Å². The molecule has 0 amide bonds. The molecule has 6 nitrogen and oxygen atoms in total. The van der Waals surface area contributed by atoms with Crippen LogP contribution in [0.15, 0.2) is 36.8 Å². The van der Waals surface area contributed by atoms with E-state index in [2.05, 4.69) is 9.97 Å². The molecule has 0 radical (unpaired) electrons. The Bertz CT molecular complexity index is 1170. The summed E-state index contributed by atoms with van der Waals surface area (Å²) in [4.78, 5) is 21.7. The number of benzene rings is 1. The van der Waals surface area contributed by atoms with Crippen LogP contribution in [0.5, 0.6) is 0 Å². The number of hydrogen-bond acceptors (Lipinski definition) is 5. The first-order chi connectivity index (χ1) is 14.2. The fourth-order valence-electron chi connectivity index (χ4n) is 4.55. The minimum absolute atomic E-state index is 0.0225. The number of rotatable bonds is 3. The SMILES string of the molecule is CC1(C)O[C@@H]2[C@H](O1)[C@@H](C(=O)c1ccc(Cl)c(F)c1)C[C@H]2n1ccc2c(Cl)ncnc21. The molecule has 0 N–H and O–H groups in total. The molecule has 1 aromatic carbocycles. The van der Waals surface area contributed by atoms with E-state index in [1.807, 2.05) is 30.7 Å². The number of fused-ring (bicyclic) bond motifs is 2. The molecule has 3 aromatic rings. The zero-order valence-corrected chi connectivity index (χ0v) is 17.7. The van der Waals surface area contributed by atoms with Gasteiger partial charge in [0.1, 0.15) is 29.0 Å². The summed E-state index contributed by atoms with van der Waals surface area (Å²) in [6.45, 7) is 3.64. The number of halogens is 3. The van der Waals surface area contributed by atoms with Gasteiger partial charge in [0.15, 0.2) is 11.6 Å². The number of hydrogen-bond donors (Lipinski definition) is 0. The van der Waals surface area contributed by atoms with Crippen LogP contribution >= 0.6 is 23.2 Å². The van der Waals surface area contributed by atoms with Crippen LogP contribution in [-0.2, 0) is 9.47 Å². The Hall–Kier alpha value is -2.06. The van der Waals surface area contributed by atoms with E-state index < -0.39 is 23.6 Å². The zero-order valence-electron chi connectivity index (χ0n) is 16.2. The maximum Gasteiger partial charge on any atom is 0.168 e. The van der Waals surface area contributed by atoms with E-state index in [1.165, 1.54) is 24.5 Å². The summed E-state index contributed by atoms with van der Waals surface area (Å²) in [7, 11) is 0. The largest absolute Gasteiger partial charge is 0.344 e. The average Bonchev–Trinajstić information content (AvgIpc) is 3.34. The zero-order chi connectivity index (χ0) is 21.2. The normalized spacial score (nSPS) is 27.5. The van der Waals surface area contributed by atoms with E-state index in [-0.39, 0.29) is 28.5 Å². The fraction of sp³-hybridized carbons (Fsp3) is 0.381. The highest BCUT2D eigenvalue weighted by atomic mass is 35.5. The lowest BCUT2D eigenvalue weighted by molar-refractivity contribution is -0.158. The number of ether oxygens (including phenoxy) is 2. The van der Waals surface area contributed by atoms with Crippen molar-refractivity contribution in [1.29, 1.82) is 0 Å². The van der Waals surface area contributed by atoms with Gasteiger partial charge >= 0.3 is 0 Å². The Morgan fingerprint density at radius 1 is 1.20 bits per heavy atom. The van der Waals surface area contributed by atoms with Gasteiger partial charge in [-0.05, 0) is 44.5 Å². The van der Waals surface area contributed by atoms with Gasteiger partial charge in [-0.15, -0.1) is 0 Å². The molecule has 30 heavy (non-hydrogen) atoms. The minimum atomic E-state index is -0.840. The van der Waals surface area contributed by atoms with Gasteiger partial charge in [0.25, 0.3) is 0 Å². The lowest BCUT2D eigenvalue weighted by Crippen LogP contribution is -2.30. The molecule has 9 heteroatoms. The Morgan fingerprint density at radius 3 is 2.73 bits per heavy atom. The number of nitrogens with zero attached hydrogens (tertiary/aromatic N) is 3. The van der Waals surface area contributed by atoms with Crippen molar-refractivity contribution in [3.63, 3.8) is 0 Å². The third-order valence-electron chi connectivity index (χ3n) is 5.79. The summed E-state index contributed by atoms with van der Waals surface area (Å²) < 4.78 is 28.2. The molecule has 2 fully saturated rings. The Balaban J connectivity index is 1.54. The first kappa shape index (κ1) is 19.9. The molecule has 0 spiro atoms. The van der Waals surface area contributed by atoms with Crippen molar-refractivity contribution < 1.29 is 18.7 Å². The van der Waals surface area contributed by atoms with Gasteiger partial charge in [-0.25, -0.2) is 14.4 Å². The van der Waals surface area contributed by atoms with Gasteiger partial charge in [0.05, 0.1) is 28.5 Å². The molecule has 5 rings (SSSR count). The van der Waals surface area contributed by atoms with Crippen molar-refractivity contribution >= 4 is 40.0 Å². The van der Waals surface area contributed by atoms with Crippen LogP contribution in [0.25, 0.3) is 11.0 Å². The minimum Gasteiger partial charge on any atom is -0.344 e. The lowest BCUT2D eigenvalue weighted by Gasteiger charge is -2.24. The van der Waals surface area contributed by atoms with Crippen LogP contribution in [0.4, 0.5) is 4.39 Å². The van der Waals surface area contributed by atoms with Gasteiger partial charge in [-0.2, -0.15) is 0 Å². The fourth-order valence-corrected chi connectivity index (χ4v) is 4.86. The summed E-state index contributed by atoms with van der Waals surface area (Å²) >= 11 is 12.0. The molecule has 156 valence electrons. The Morgan fingerprint density at radius 2 is 1.97 bits per heavy atom. The first-order valence-electron chi connectivity index (χ1n) is 9.57. The van der Waals surface area contributed by atoms with Gasteiger partial charge in [-0.1, -0.05) is 23.2 Å². The van der Waals surface area contributed by atoms with Gasteiger partial charge < -0.3 is 14.0 Å². The first-order valence-corrected chi connectivity index (χ1v) is 10.3. The second-order valence-corrected chi connectivity index (χ2v) is 8.86. The highest BCUT2D eigenvalue weighted by Crippen LogP contribution is 2.48. The van der Waals surface area contributed by atoms with Crippen LogP contribution in [0, 0.1) is 11.7 Å². The maximum absolute atomic E-state index is 14.0. The molecule has 3 heterocycles. The van der Waals surface area contributed by atoms with E-state index in [9.17, 15) is 9.18 Å². The van der Waals surface area contributed by atoms with Crippen LogP contribution in [0.1, 0.15) is 36.7 Å². The second kappa shape index (κ2) is 6.99. The molecular weight excluding hydrogens is 432 g/mol. The summed E-state index contributed by atoms with van der Waals surface area (Å²) in [6, 6.07) is 5.74. The van der Waals surface area contributed by atoms with Crippen molar-refractivity contribution in [3.8, 4) is 0 Å². The van der Waals surface area contributed by atoms with E-state index >= 15 is 0 Å². The molecule has 2 aromatic heterocycles. The van der Waals surface area contributed by atoms with E-state index in [4.69, 9.17) is 32.7 Å². The monoisotopic (exact) mass is 449 g/mol. The molecular formula is C21H18Cl2FN3O3. The van der Waals surface area contributed by atoms with Crippen molar-refractivity contribution in [2.24, 2.45) is 5.92 Å². The molecule has 1 aliphatic carbocycles. The second-order valence-electron chi connectivity index (χ2n) is 8.09. The number of ketones is 1. The van der Waals surface area contributed by atoms with Crippen LogP contribution in [0.3, 0.4) is 0 Å². The highest BCUT2D eigenvalue weighted by molar-refractivity contribution is 6.33. The molecule has 0 bridgehead atoms. The van der Waals surface area contributed by atoms with E-state index in [0.717, 1.165) is 5.39 Å². The van der Waals surface area contributed by atoms with Crippen molar-refractivity contribution in [1.82, 2.24) is 14.5 Å². The molecule has 1 saturated carbocycles. The topological polar surface area (TPSA) is 66.2 Å². The number of carbonyl (C=O) groups is 1. The van der Waals surface area contributed by atoms with Gasteiger partial charge in [0, 0.05) is 11.8 Å². The summed E-state index contributed by atoms with van der Waals surface area (Å²) in [5.74, 6) is -2.17. The third kappa shape index (κ3) is 3.12. The van der Waals surface area contributed by atoms with E-state index in [0.29, 0.717) is 17.2 Å². The van der Waals surface area contributed by atoms with Gasteiger partial charge in [0.2, 0.25) is 0 Å². The smallest absolute Gasteiger partial charge is 0.168 e. The summed E-state index contributed by atoms with van der Waals surface area (Å²) in [5.41, 5.74) is 0.926. The van der Waals surface area contributed by atoms with Crippen LogP contribution in [0.2, 0.25) is 10.2 Å². The Labute approximate surface area is 181 Å². The quantitative estimate of drug-likeness (QED) is 0.422.